The van der Waals surface area contributed by atoms with E-state index < -0.39 is 5.91 Å². The van der Waals surface area contributed by atoms with Crippen LogP contribution in [0.2, 0.25) is 0 Å². The number of methoxy groups -OCH3 is 1. The zero-order chi connectivity index (χ0) is 14.8. The van der Waals surface area contributed by atoms with Crippen LogP contribution in [0.25, 0.3) is 0 Å². The highest BCUT2D eigenvalue weighted by atomic mass is 16.5. The second-order valence-corrected chi connectivity index (χ2v) is 4.18. The number of furan rings is 1. The molecule has 0 unspecified atom stereocenters. The first kappa shape index (κ1) is 16.6. The van der Waals surface area contributed by atoms with Gasteiger partial charge in [0, 0.05) is 25.9 Å². The maximum atomic E-state index is 11.3. The third kappa shape index (κ3) is 5.70. The topological polar surface area (TPSA) is 96.0 Å². The average molecular weight is 286 g/mol. The van der Waals surface area contributed by atoms with Crippen LogP contribution in [-0.2, 0) is 20.8 Å². The van der Waals surface area contributed by atoms with Gasteiger partial charge in [-0.15, -0.1) is 0 Å². The van der Waals surface area contributed by atoms with E-state index in [9.17, 15) is 4.79 Å². The number of nitrogen functional groups attached to an aromatic ring is 1. The summed E-state index contributed by atoms with van der Waals surface area (Å²) in [7, 11) is 1.64. The van der Waals surface area contributed by atoms with E-state index in [0.29, 0.717) is 38.8 Å². The van der Waals surface area contributed by atoms with Crippen LogP contribution >= 0.6 is 0 Å². The number of hydrazine groups is 1. The molecule has 0 aliphatic heterocycles. The van der Waals surface area contributed by atoms with Gasteiger partial charge in [-0.05, 0) is 19.4 Å². The largest absolute Gasteiger partial charge is 0.456 e. The highest BCUT2D eigenvalue weighted by molar-refractivity contribution is 5.91. The fourth-order valence-corrected chi connectivity index (χ4v) is 1.54. The molecule has 0 radical (unpaired) electrons. The zero-order valence-electron chi connectivity index (χ0n) is 11.9. The summed E-state index contributed by atoms with van der Waals surface area (Å²) >= 11 is 0. The molecule has 114 valence electrons. The standard InChI is InChI=1S/C13H22N2O5/c1-10-11(8-12(20-10)13(16)15-14)9-19-5-3-4-18-7-6-17-2/h8H,3-7,9,14H2,1-2H3,(H,15,16). The lowest BCUT2D eigenvalue weighted by Crippen LogP contribution is -2.29. The molecule has 0 saturated carbocycles. The van der Waals surface area contributed by atoms with Gasteiger partial charge in [0.2, 0.25) is 0 Å². The van der Waals surface area contributed by atoms with Crippen molar-refractivity contribution >= 4 is 5.91 Å². The van der Waals surface area contributed by atoms with Gasteiger partial charge in [0.1, 0.15) is 5.76 Å². The second kappa shape index (κ2) is 9.49. The van der Waals surface area contributed by atoms with Crippen LogP contribution in [-0.4, -0.2) is 39.4 Å². The number of rotatable bonds is 10. The summed E-state index contributed by atoms with van der Waals surface area (Å²) in [4.78, 5) is 11.3. The van der Waals surface area contributed by atoms with Gasteiger partial charge < -0.3 is 18.6 Å². The van der Waals surface area contributed by atoms with Crippen molar-refractivity contribution in [3.05, 3.63) is 23.2 Å². The summed E-state index contributed by atoms with van der Waals surface area (Å²) in [5.41, 5.74) is 2.86. The van der Waals surface area contributed by atoms with Gasteiger partial charge in [0.25, 0.3) is 0 Å². The Morgan fingerprint density at radius 3 is 2.75 bits per heavy atom. The first-order chi connectivity index (χ1) is 9.69. The van der Waals surface area contributed by atoms with Crippen LogP contribution in [0.4, 0.5) is 0 Å². The molecule has 0 aliphatic rings. The Labute approximate surface area is 118 Å². The Kier molecular flexibility index (Phi) is 7.89. The number of nitrogens with two attached hydrogens (primary N) is 1. The van der Waals surface area contributed by atoms with Crippen LogP contribution in [0.1, 0.15) is 28.3 Å². The van der Waals surface area contributed by atoms with Gasteiger partial charge in [0.05, 0.1) is 19.8 Å². The summed E-state index contributed by atoms with van der Waals surface area (Å²) in [5.74, 6) is 5.43. The van der Waals surface area contributed by atoms with Crippen molar-refractivity contribution in [3.63, 3.8) is 0 Å². The second-order valence-electron chi connectivity index (χ2n) is 4.18. The molecule has 0 aliphatic carbocycles. The van der Waals surface area contributed by atoms with E-state index in [1.54, 1.807) is 20.1 Å². The van der Waals surface area contributed by atoms with Crippen molar-refractivity contribution in [2.24, 2.45) is 5.84 Å². The Morgan fingerprint density at radius 1 is 1.30 bits per heavy atom. The van der Waals surface area contributed by atoms with Crippen molar-refractivity contribution < 1.29 is 23.4 Å². The van der Waals surface area contributed by atoms with Gasteiger partial charge in [0.15, 0.2) is 5.76 Å². The van der Waals surface area contributed by atoms with Gasteiger partial charge in [-0.1, -0.05) is 0 Å². The summed E-state index contributed by atoms with van der Waals surface area (Å²) in [6.45, 7) is 4.58. The molecule has 1 heterocycles. The molecular weight excluding hydrogens is 264 g/mol. The molecule has 7 nitrogen and oxygen atoms in total. The minimum Gasteiger partial charge on any atom is -0.456 e. The Bertz CT molecular complexity index is 405. The minimum atomic E-state index is -0.453. The predicted molar refractivity (Wildman–Crippen MR) is 72.1 cm³/mol. The maximum Gasteiger partial charge on any atom is 0.300 e. The zero-order valence-corrected chi connectivity index (χ0v) is 11.9. The quantitative estimate of drug-likeness (QED) is 0.285. The number of aryl methyl sites for hydroxylation is 1. The van der Waals surface area contributed by atoms with Gasteiger partial charge in [-0.3, -0.25) is 10.2 Å². The monoisotopic (exact) mass is 286 g/mol. The minimum absolute atomic E-state index is 0.187. The highest BCUT2D eigenvalue weighted by Crippen LogP contribution is 2.15. The van der Waals surface area contributed by atoms with Gasteiger partial charge in [-0.25, -0.2) is 5.84 Å². The summed E-state index contributed by atoms with van der Waals surface area (Å²) in [6.07, 6.45) is 0.802. The molecule has 1 rings (SSSR count). The van der Waals surface area contributed by atoms with Crippen molar-refractivity contribution in [2.45, 2.75) is 20.0 Å². The van der Waals surface area contributed by atoms with Crippen molar-refractivity contribution in [1.29, 1.82) is 0 Å². The Balaban J connectivity index is 2.19. The lowest BCUT2D eigenvalue weighted by Gasteiger charge is -2.04. The van der Waals surface area contributed by atoms with Gasteiger partial charge >= 0.3 is 5.91 Å². The van der Waals surface area contributed by atoms with E-state index in [1.807, 2.05) is 5.43 Å². The van der Waals surface area contributed by atoms with E-state index in [1.165, 1.54) is 0 Å². The molecule has 0 fully saturated rings. The molecule has 1 aromatic rings. The smallest absolute Gasteiger partial charge is 0.300 e. The van der Waals surface area contributed by atoms with Crippen molar-refractivity contribution in [2.75, 3.05) is 33.5 Å². The lowest BCUT2D eigenvalue weighted by molar-refractivity contribution is 0.0482. The summed E-state index contributed by atoms with van der Waals surface area (Å²) in [5, 5.41) is 0. The van der Waals surface area contributed by atoms with E-state index in [0.717, 1.165) is 12.0 Å². The van der Waals surface area contributed by atoms with Crippen LogP contribution in [0.15, 0.2) is 10.5 Å². The van der Waals surface area contributed by atoms with Crippen LogP contribution in [0.3, 0.4) is 0 Å². The molecule has 0 aromatic carbocycles. The Morgan fingerprint density at radius 2 is 2.05 bits per heavy atom. The fourth-order valence-electron chi connectivity index (χ4n) is 1.54. The molecule has 3 N–H and O–H groups in total. The van der Waals surface area contributed by atoms with Crippen LogP contribution < -0.4 is 11.3 Å². The molecular formula is C13H22N2O5. The van der Waals surface area contributed by atoms with Gasteiger partial charge in [-0.2, -0.15) is 0 Å². The van der Waals surface area contributed by atoms with E-state index in [-0.39, 0.29) is 5.76 Å². The van der Waals surface area contributed by atoms with E-state index >= 15 is 0 Å². The average Bonchev–Trinajstić information content (AvgIpc) is 2.82. The number of carbonyl (C=O) groups is 1. The van der Waals surface area contributed by atoms with E-state index in [4.69, 9.17) is 24.5 Å². The molecule has 0 atom stereocenters. The number of nitrogens with one attached hydrogen (secondary N) is 1. The van der Waals surface area contributed by atoms with Crippen molar-refractivity contribution in [1.82, 2.24) is 5.43 Å². The number of hydrogen-bond donors (Lipinski definition) is 2. The highest BCUT2D eigenvalue weighted by Gasteiger charge is 2.13. The van der Waals surface area contributed by atoms with E-state index in [2.05, 4.69) is 0 Å². The van der Waals surface area contributed by atoms with Crippen LogP contribution in [0, 0.1) is 6.92 Å². The molecule has 0 bridgehead atoms. The molecule has 0 saturated heterocycles. The lowest BCUT2D eigenvalue weighted by atomic mass is 10.2. The van der Waals surface area contributed by atoms with Crippen molar-refractivity contribution in [3.8, 4) is 0 Å². The summed E-state index contributed by atoms with van der Waals surface area (Å²) < 4.78 is 21.0. The number of carbonyl (C=O) groups excluding carboxylic acids is 1. The van der Waals surface area contributed by atoms with Crippen LogP contribution in [0.5, 0.6) is 0 Å². The maximum absolute atomic E-state index is 11.3. The number of amides is 1. The normalized spacial score (nSPS) is 10.8. The third-order valence-corrected chi connectivity index (χ3v) is 2.64. The SMILES string of the molecule is COCCOCCCOCc1cc(C(=O)NN)oc1C. The first-order valence-corrected chi connectivity index (χ1v) is 6.43. The third-order valence-electron chi connectivity index (χ3n) is 2.64. The summed E-state index contributed by atoms with van der Waals surface area (Å²) in [6, 6.07) is 1.63. The molecule has 1 amide bonds. The number of hydrogen-bond acceptors (Lipinski definition) is 6. The Hall–Kier alpha value is -1.41. The fraction of sp³-hybridized carbons (Fsp3) is 0.615. The molecule has 7 heteroatoms. The molecule has 1 aromatic heterocycles. The first-order valence-electron chi connectivity index (χ1n) is 6.43. The predicted octanol–water partition coefficient (Wildman–Crippen LogP) is 0.761. The number of ether oxygens (including phenoxy) is 3. The molecule has 20 heavy (non-hydrogen) atoms. The molecule has 0 spiro atoms.